The molecule has 0 aromatic rings. The molecule has 5 heteroatoms. The van der Waals surface area contributed by atoms with Crippen molar-refractivity contribution in [2.24, 2.45) is 0 Å². The molecule has 136 valence electrons. The van der Waals surface area contributed by atoms with Crippen LogP contribution in [-0.2, 0) is 9.53 Å². The molecule has 0 amide bonds. The number of aliphatic hydroxyl groups excluding tert-OH is 2. The van der Waals surface area contributed by atoms with Crippen molar-refractivity contribution in [3.63, 3.8) is 0 Å². The Labute approximate surface area is 140 Å². The molecular formula is C18H33O5-. The zero-order valence-corrected chi connectivity index (χ0v) is 14.4. The molecule has 1 rings (SSSR count). The molecule has 2 N–H and O–H groups in total. The van der Waals surface area contributed by atoms with E-state index < -0.39 is 18.2 Å². The van der Waals surface area contributed by atoms with Crippen LogP contribution in [0.15, 0.2) is 0 Å². The van der Waals surface area contributed by atoms with Crippen molar-refractivity contribution in [3.05, 3.63) is 0 Å². The van der Waals surface area contributed by atoms with Crippen LogP contribution in [0.4, 0.5) is 0 Å². The van der Waals surface area contributed by atoms with Crippen LogP contribution in [0.2, 0.25) is 0 Å². The molecule has 0 aliphatic carbocycles. The van der Waals surface area contributed by atoms with Gasteiger partial charge >= 0.3 is 0 Å². The molecule has 1 aliphatic heterocycles. The fourth-order valence-electron chi connectivity index (χ4n) is 2.98. The lowest BCUT2D eigenvalue weighted by atomic mass is 9.99. The minimum absolute atomic E-state index is 0.126. The van der Waals surface area contributed by atoms with E-state index in [0.29, 0.717) is 19.3 Å². The lowest BCUT2D eigenvalue weighted by molar-refractivity contribution is -0.305. The van der Waals surface area contributed by atoms with Crippen LogP contribution < -0.4 is 5.11 Å². The highest BCUT2D eigenvalue weighted by atomic mass is 16.6. The van der Waals surface area contributed by atoms with E-state index >= 15 is 0 Å². The molecule has 1 aliphatic rings. The second-order valence-corrected chi connectivity index (χ2v) is 6.76. The van der Waals surface area contributed by atoms with Gasteiger partial charge in [0.15, 0.2) is 0 Å². The van der Waals surface area contributed by atoms with Gasteiger partial charge < -0.3 is 24.9 Å². The third-order valence-electron chi connectivity index (χ3n) is 4.58. The third-order valence-corrected chi connectivity index (χ3v) is 4.58. The maximum Gasteiger partial charge on any atom is 0.0867 e. The predicted molar refractivity (Wildman–Crippen MR) is 86.8 cm³/mol. The molecule has 1 heterocycles. The average Bonchev–Trinajstić information content (AvgIpc) is 3.24. The van der Waals surface area contributed by atoms with E-state index in [4.69, 9.17) is 4.74 Å². The van der Waals surface area contributed by atoms with Crippen molar-refractivity contribution >= 4 is 5.97 Å². The van der Waals surface area contributed by atoms with Crippen molar-refractivity contribution in [2.75, 3.05) is 0 Å². The summed E-state index contributed by atoms with van der Waals surface area (Å²) in [6.07, 6.45) is 9.25. The van der Waals surface area contributed by atoms with Crippen molar-refractivity contribution < 1.29 is 24.9 Å². The number of carboxylic acid groups (broad SMARTS) is 1. The summed E-state index contributed by atoms with van der Waals surface area (Å²) in [6.45, 7) is 2.18. The van der Waals surface area contributed by atoms with Gasteiger partial charge in [0, 0.05) is 12.4 Å². The second kappa shape index (κ2) is 11.8. The Bertz CT molecular complexity index is 321. The fourth-order valence-corrected chi connectivity index (χ4v) is 2.98. The van der Waals surface area contributed by atoms with Gasteiger partial charge in [0.1, 0.15) is 0 Å². The minimum atomic E-state index is -0.987. The standard InChI is InChI=1S/C18H34O5/c1-2-3-7-11-16-17(23-16)13-15(20)14(19)10-8-5-4-6-9-12-18(21)22/h14-17,19-20H,2-13H2,1H3,(H,21,22)/p-1. The van der Waals surface area contributed by atoms with Crippen molar-refractivity contribution in [2.45, 2.75) is 108 Å². The summed E-state index contributed by atoms with van der Waals surface area (Å²) >= 11 is 0. The predicted octanol–water partition coefficient (Wildman–Crippen LogP) is 1.93. The normalized spacial score (nSPS) is 22.7. The number of aliphatic hydroxyl groups is 2. The summed E-state index contributed by atoms with van der Waals surface area (Å²) in [6, 6.07) is 0. The average molecular weight is 329 g/mol. The van der Waals surface area contributed by atoms with Gasteiger partial charge in [-0.1, -0.05) is 51.9 Å². The Kier molecular flexibility index (Phi) is 10.5. The Hall–Kier alpha value is -0.650. The summed E-state index contributed by atoms with van der Waals surface area (Å²) in [4.78, 5) is 10.3. The maximum atomic E-state index is 10.3. The van der Waals surface area contributed by atoms with Crippen LogP contribution in [0.1, 0.15) is 84.0 Å². The molecule has 5 nitrogen and oxygen atoms in total. The number of unbranched alkanes of at least 4 members (excludes halogenated alkanes) is 6. The summed E-state index contributed by atoms with van der Waals surface area (Å²) < 4.78 is 5.55. The zero-order valence-electron chi connectivity index (χ0n) is 14.4. The van der Waals surface area contributed by atoms with Gasteiger partial charge in [0.05, 0.1) is 24.4 Å². The van der Waals surface area contributed by atoms with Gasteiger partial charge in [-0.2, -0.15) is 0 Å². The number of carbonyl (C=O) groups is 1. The SMILES string of the molecule is CCCCCC1OC1CC(O)C(O)CCCCCCCC(=O)[O-]. The number of epoxide rings is 1. The zero-order chi connectivity index (χ0) is 17.1. The van der Waals surface area contributed by atoms with Crippen LogP contribution in [-0.4, -0.2) is 40.6 Å². The van der Waals surface area contributed by atoms with E-state index in [1.165, 1.54) is 19.3 Å². The molecule has 4 unspecified atom stereocenters. The molecule has 0 aromatic heterocycles. The minimum Gasteiger partial charge on any atom is -0.550 e. The van der Waals surface area contributed by atoms with Gasteiger partial charge in [-0.05, 0) is 25.7 Å². The molecule has 23 heavy (non-hydrogen) atoms. The molecule has 0 saturated carbocycles. The third kappa shape index (κ3) is 9.95. The monoisotopic (exact) mass is 329 g/mol. The summed E-state index contributed by atoms with van der Waals surface area (Å²) in [5.41, 5.74) is 0. The molecular weight excluding hydrogens is 296 g/mol. The smallest absolute Gasteiger partial charge is 0.0867 e. The number of hydrogen-bond donors (Lipinski definition) is 2. The second-order valence-electron chi connectivity index (χ2n) is 6.76. The van der Waals surface area contributed by atoms with Crippen LogP contribution in [0.3, 0.4) is 0 Å². The highest BCUT2D eigenvalue weighted by Crippen LogP contribution is 2.32. The van der Waals surface area contributed by atoms with Crippen molar-refractivity contribution in [3.8, 4) is 0 Å². The summed E-state index contributed by atoms with van der Waals surface area (Å²) in [7, 11) is 0. The van der Waals surface area contributed by atoms with Crippen LogP contribution in [0, 0.1) is 0 Å². The van der Waals surface area contributed by atoms with Crippen LogP contribution >= 0.6 is 0 Å². The highest BCUT2D eigenvalue weighted by Gasteiger charge is 2.40. The molecule has 0 bridgehead atoms. The van der Waals surface area contributed by atoms with Gasteiger partial charge in [-0.15, -0.1) is 0 Å². The Balaban J connectivity index is 1.96. The van der Waals surface area contributed by atoms with Gasteiger partial charge in [-0.25, -0.2) is 0 Å². The van der Waals surface area contributed by atoms with Crippen LogP contribution in [0.25, 0.3) is 0 Å². The van der Waals surface area contributed by atoms with E-state index in [9.17, 15) is 20.1 Å². The quantitative estimate of drug-likeness (QED) is 0.354. The first-order chi connectivity index (χ1) is 11.0. The molecule has 0 aromatic carbocycles. The molecule has 1 saturated heterocycles. The molecule has 0 spiro atoms. The number of hydrogen-bond acceptors (Lipinski definition) is 5. The van der Waals surface area contributed by atoms with Gasteiger partial charge in [0.2, 0.25) is 0 Å². The number of aliphatic carboxylic acids is 1. The first-order valence-corrected chi connectivity index (χ1v) is 9.26. The van der Waals surface area contributed by atoms with Gasteiger partial charge in [0.25, 0.3) is 0 Å². The summed E-state index contributed by atoms with van der Waals surface area (Å²) in [5, 5.41) is 30.3. The van der Waals surface area contributed by atoms with Gasteiger partial charge in [-0.3, -0.25) is 0 Å². The number of ether oxygens (including phenoxy) is 1. The number of rotatable bonds is 15. The first kappa shape index (κ1) is 20.4. The first-order valence-electron chi connectivity index (χ1n) is 9.26. The van der Waals surface area contributed by atoms with Crippen molar-refractivity contribution in [1.82, 2.24) is 0 Å². The number of carbonyl (C=O) groups excluding carboxylic acids is 1. The lowest BCUT2D eigenvalue weighted by Gasteiger charge is -2.16. The molecule has 0 radical (unpaired) electrons. The largest absolute Gasteiger partial charge is 0.550 e. The molecule has 1 fully saturated rings. The topological polar surface area (TPSA) is 93.1 Å². The Morgan fingerprint density at radius 3 is 2.39 bits per heavy atom. The number of carboxylic acids is 1. The highest BCUT2D eigenvalue weighted by molar-refractivity contribution is 5.63. The fraction of sp³-hybridized carbons (Fsp3) is 0.944. The Morgan fingerprint density at radius 2 is 1.70 bits per heavy atom. The van der Waals surface area contributed by atoms with E-state index in [-0.39, 0.29) is 18.6 Å². The van der Waals surface area contributed by atoms with E-state index in [0.717, 1.165) is 32.1 Å². The lowest BCUT2D eigenvalue weighted by Crippen LogP contribution is -2.27. The van der Waals surface area contributed by atoms with E-state index in [2.05, 4.69) is 6.92 Å². The van der Waals surface area contributed by atoms with Crippen LogP contribution in [0.5, 0.6) is 0 Å². The summed E-state index contributed by atoms with van der Waals surface area (Å²) in [5.74, 6) is -0.987. The van der Waals surface area contributed by atoms with E-state index in [1.807, 2.05) is 0 Å². The Morgan fingerprint density at radius 1 is 1.00 bits per heavy atom. The maximum absolute atomic E-state index is 10.3. The van der Waals surface area contributed by atoms with E-state index in [1.54, 1.807) is 0 Å². The van der Waals surface area contributed by atoms with Crippen molar-refractivity contribution in [1.29, 1.82) is 0 Å². The molecule has 4 atom stereocenters.